The van der Waals surface area contributed by atoms with Crippen LogP contribution in [0.5, 0.6) is 0 Å². The molecule has 0 aliphatic carbocycles. The van der Waals surface area contributed by atoms with Gasteiger partial charge in [-0.1, -0.05) is 24.3 Å². The van der Waals surface area contributed by atoms with Crippen LogP contribution in [0.1, 0.15) is 11.6 Å². The molecular formula is C22H30FIN6O3. The van der Waals surface area contributed by atoms with Gasteiger partial charge < -0.3 is 20.7 Å². The average molecular weight is 572 g/mol. The van der Waals surface area contributed by atoms with Crippen LogP contribution in [0.4, 0.5) is 15.8 Å². The van der Waals surface area contributed by atoms with Gasteiger partial charge in [0.1, 0.15) is 11.5 Å². The Bertz CT molecular complexity index is 909. The van der Waals surface area contributed by atoms with Crippen LogP contribution < -0.4 is 16.0 Å². The van der Waals surface area contributed by atoms with E-state index in [1.165, 1.54) is 18.2 Å². The van der Waals surface area contributed by atoms with Gasteiger partial charge in [0, 0.05) is 45.8 Å². The lowest BCUT2D eigenvalue weighted by molar-refractivity contribution is -0.384. The Balaban J connectivity index is 0.00000385. The summed E-state index contributed by atoms with van der Waals surface area (Å²) >= 11 is 0. The van der Waals surface area contributed by atoms with Crippen molar-refractivity contribution in [3.05, 3.63) is 70.0 Å². The minimum absolute atomic E-state index is 0. The van der Waals surface area contributed by atoms with E-state index in [4.69, 9.17) is 4.74 Å². The summed E-state index contributed by atoms with van der Waals surface area (Å²) in [6.45, 7) is 4.53. The summed E-state index contributed by atoms with van der Waals surface area (Å²) in [7, 11) is 1.69. The summed E-state index contributed by atoms with van der Waals surface area (Å²) in [5.74, 6) is 0.362. The zero-order valence-electron chi connectivity index (χ0n) is 18.5. The van der Waals surface area contributed by atoms with Gasteiger partial charge in [-0.25, -0.2) is 4.39 Å². The average Bonchev–Trinajstić information content (AvgIpc) is 2.82. The lowest BCUT2D eigenvalue weighted by Crippen LogP contribution is -2.46. The second-order valence-electron chi connectivity index (χ2n) is 7.30. The summed E-state index contributed by atoms with van der Waals surface area (Å²) in [5.41, 5.74) is 1.54. The van der Waals surface area contributed by atoms with E-state index < -0.39 is 4.92 Å². The van der Waals surface area contributed by atoms with Crippen molar-refractivity contribution in [2.45, 2.75) is 6.04 Å². The molecule has 0 bridgehead atoms. The van der Waals surface area contributed by atoms with Gasteiger partial charge in [-0.3, -0.25) is 20.0 Å². The number of para-hydroxylation sites is 2. The number of rotatable bonds is 9. The third kappa shape index (κ3) is 8.09. The smallest absolute Gasteiger partial charge is 0.292 e. The normalized spacial score (nSPS) is 15.3. The molecule has 1 heterocycles. The fraction of sp³-hybridized carbons (Fsp3) is 0.409. The molecule has 3 rings (SSSR count). The highest BCUT2D eigenvalue weighted by Gasteiger charge is 2.23. The van der Waals surface area contributed by atoms with Crippen LogP contribution >= 0.6 is 24.0 Å². The molecule has 11 heteroatoms. The number of halogens is 2. The highest BCUT2D eigenvalue weighted by Crippen LogP contribution is 2.23. The van der Waals surface area contributed by atoms with Crippen molar-refractivity contribution < 1.29 is 14.1 Å². The van der Waals surface area contributed by atoms with Gasteiger partial charge in [-0.15, -0.1) is 24.0 Å². The van der Waals surface area contributed by atoms with Gasteiger partial charge in [0.05, 0.1) is 24.2 Å². The molecule has 0 spiro atoms. The number of benzene rings is 2. The second-order valence-corrected chi connectivity index (χ2v) is 7.30. The molecule has 1 saturated heterocycles. The van der Waals surface area contributed by atoms with E-state index in [2.05, 4.69) is 25.8 Å². The number of nitrogens with zero attached hydrogens (tertiary/aromatic N) is 3. The molecular weight excluding hydrogens is 542 g/mol. The molecule has 3 N–H and O–H groups in total. The molecule has 1 aliphatic rings. The highest BCUT2D eigenvalue weighted by molar-refractivity contribution is 14.0. The van der Waals surface area contributed by atoms with Crippen molar-refractivity contribution >= 4 is 41.3 Å². The fourth-order valence-electron chi connectivity index (χ4n) is 3.61. The first-order valence-corrected chi connectivity index (χ1v) is 10.6. The molecule has 2 aromatic carbocycles. The second kappa shape index (κ2) is 13.9. The van der Waals surface area contributed by atoms with Gasteiger partial charge >= 0.3 is 0 Å². The van der Waals surface area contributed by atoms with Crippen molar-refractivity contribution in [1.29, 1.82) is 0 Å². The van der Waals surface area contributed by atoms with E-state index >= 15 is 0 Å². The zero-order chi connectivity index (χ0) is 22.8. The molecule has 1 unspecified atom stereocenters. The fourth-order valence-corrected chi connectivity index (χ4v) is 3.61. The van der Waals surface area contributed by atoms with Crippen LogP contribution in [0.3, 0.4) is 0 Å². The van der Waals surface area contributed by atoms with Gasteiger partial charge in [0.2, 0.25) is 0 Å². The minimum Gasteiger partial charge on any atom is -0.379 e. The summed E-state index contributed by atoms with van der Waals surface area (Å²) in [6.07, 6.45) is 0. The molecule has 1 atom stereocenters. The number of anilines is 1. The molecule has 33 heavy (non-hydrogen) atoms. The van der Waals surface area contributed by atoms with E-state index in [9.17, 15) is 14.5 Å². The van der Waals surface area contributed by atoms with Crippen LogP contribution in [-0.4, -0.2) is 68.8 Å². The van der Waals surface area contributed by atoms with Gasteiger partial charge in [0.15, 0.2) is 5.96 Å². The van der Waals surface area contributed by atoms with E-state index in [1.807, 2.05) is 12.1 Å². The van der Waals surface area contributed by atoms with Crippen LogP contribution in [0.15, 0.2) is 53.5 Å². The highest BCUT2D eigenvalue weighted by atomic mass is 127. The Morgan fingerprint density at radius 1 is 1.15 bits per heavy atom. The SMILES string of the molecule is CN=C(NCCNc1ccccc1[N+](=O)[O-])NCC(c1ccc(F)cc1)N1CCOCC1.I. The third-order valence-electron chi connectivity index (χ3n) is 5.26. The first kappa shape index (κ1) is 26.7. The largest absolute Gasteiger partial charge is 0.379 e. The number of nitro benzene ring substituents is 1. The Morgan fingerprint density at radius 2 is 1.85 bits per heavy atom. The lowest BCUT2D eigenvalue weighted by atomic mass is 10.0. The molecule has 9 nitrogen and oxygen atoms in total. The quantitative estimate of drug-likeness (QED) is 0.106. The van der Waals surface area contributed by atoms with Crippen LogP contribution in [-0.2, 0) is 4.74 Å². The van der Waals surface area contributed by atoms with Crippen molar-refractivity contribution in [2.75, 3.05) is 58.3 Å². The molecule has 0 amide bonds. The number of ether oxygens (including phenoxy) is 1. The third-order valence-corrected chi connectivity index (χ3v) is 5.26. The molecule has 180 valence electrons. The minimum atomic E-state index is -0.405. The van der Waals surface area contributed by atoms with E-state index in [0.717, 1.165) is 18.7 Å². The Morgan fingerprint density at radius 3 is 2.52 bits per heavy atom. The monoisotopic (exact) mass is 572 g/mol. The molecule has 0 aromatic heterocycles. The topological polar surface area (TPSA) is 104 Å². The van der Waals surface area contributed by atoms with E-state index in [1.54, 1.807) is 25.2 Å². The standard InChI is InChI=1S/C22H29FN6O3.HI/c1-24-22(26-11-10-25-19-4-2-3-5-20(19)29(30)31)27-16-21(28-12-14-32-15-13-28)17-6-8-18(23)9-7-17;/h2-9,21,25H,10-16H2,1H3,(H2,24,26,27);1H. The summed E-state index contributed by atoms with van der Waals surface area (Å²) in [4.78, 5) is 17.3. The van der Waals surface area contributed by atoms with Gasteiger partial charge in [-0.2, -0.15) is 0 Å². The summed E-state index contributed by atoms with van der Waals surface area (Å²) < 4.78 is 18.9. The Kier molecular flexibility index (Phi) is 11.3. The van der Waals surface area contributed by atoms with Crippen molar-refractivity contribution in [3.8, 4) is 0 Å². The van der Waals surface area contributed by atoms with E-state index in [-0.39, 0.29) is 41.5 Å². The maximum Gasteiger partial charge on any atom is 0.292 e. The number of nitro groups is 1. The zero-order valence-corrected chi connectivity index (χ0v) is 20.8. The number of nitrogens with one attached hydrogen (secondary N) is 3. The lowest BCUT2D eigenvalue weighted by Gasteiger charge is -2.35. The Hall–Kier alpha value is -2.51. The number of morpholine rings is 1. The van der Waals surface area contributed by atoms with Gasteiger partial charge in [0.25, 0.3) is 5.69 Å². The maximum atomic E-state index is 13.4. The van der Waals surface area contributed by atoms with Gasteiger partial charge in [-0.05, 0) is 23.8 Å². The summed E-state index contributed by atoms with van der Waals surface area (Å²) in [6, 6.07) is 13.2. The molecule has 0 saturated carbocycles. The van der Waals surface area contributed by atoms with Crippen LogP contribution in [0.2, 0.25) is 0 Å². The first-order valence-electron chi connectivity index (χ1n) is 10.6. The van der Waals surface area contributed by atoms with E-state index in [0.29, 0.717) is 44.5 Å². The predicted molar refractivity (Wildman–Crippen MR) is 138 cm³/mol. The van der Waals surface area contributed by atoms with Crippen molar-refractivity contribution in [2.24, 2.45) is 4.99 Å². The number of guanidine groups is 1. The van der Waals surface area contributed by atoms with Crippen LogP contribution in [0.25, 0.3) is 0 Å². The molecule has 0 radical (unpaired) electrons. The first-order chi connectivity index (χ1) is 15.6. The summed E-state index contributed by atoms with van der Waals surface area (Å²) in [5, 5.41) is 20.7. The molecule has 1 aliphatic heterocycles. The Labute approximate surface area is 210 Å². The number of hydrogen-bond acceptors (Lipinski definition) is 6. The molecule has 1 fully saturated rings. The number of aliphatic imine (C=N–C) groups is 1. The van der Waals surface area contributed by atoms with Crippen LogP contribution in [0, 0.1) is 15.9 Å². The number of hydrogen-bond donors (Lipinski definition) is 3. The maximum absolute atomic E-state index is 13.4. The molecule has 2 aromatic rings. The van der Waals surface area contributed by atoms with Crippen molar-refractivity contribution in [3.63, 3.8) is 0 Å². The predicted octanol–water partition coefficient (Wildman–Crippen LogP) is 3.00. The van der Waals surface area contributed by atoms with Crippen molar-refractivity contribution in [1.82, 2.24) is 15.5 Å².